The highest BCUT2D eigenvalue weighted by Crippen LogP contribution is 2.22. The van der Waals surface area contributed by atoms with E-state index in [1.54, 1.807) is 62.4 Å². The summed E-state index contributed by atoms with van der Waals surface area (Å²) in [5, 5.41) is 0. The fourth-order valence-electron chi connectivity index (χ4n) is 2.96. The first kappa shape index (κ1) is 27.0. The molecule has 0 atom stereocenters. The molecule has 0 radical (unpaired) electrons. The van der Waals surface area contributed by atoms with Crippen LogP contribution in [0.25, 0.3) is 0 Å². The van der Waals surface area contributed by atoms with E-state index in [0.717, 1.165) is 16.7 Å². The molecule has 3 rings (SSSR count). The number of hydrogen-bond donors (Lipinski definition) is 0. The van der Waals surface area contributed by atoms with Crippen LogP contribution in [-0.2, 0) is 39.9 Å². The van der Waals surface area contributed by atoms with Gasteiger partial charge in [-0.25, -0.2) is 4.39 Å². The highest BCUT2D eigenvalue weighted by atomic mass is 32.2. The molecule has 0 saturated heterocycles. The lowest BCUT2D eigenvalue weighted by Gasteiger charge is -2.24. The van der Waals surface area contributed by atoms with E-state index in [4.69, 9.17) is 13.1 Å². The van der Waals surface area contributed by atoms with Crippen LogP contribution >= 0.6 is 0 Å². The third kappa shape index (κ3) is 7.94. The maximum absolute atomic E-state index is 15.8. The van der Waals surface area contributed by atoms with E-state index >= 15 is 4.39 Å². The highest BCUT2D eigenvalue weighted by Gasteiger charge is 2.36. The van der Waals surface area contributed by atoms with Crippen molar-refractivity contribution in [2.75, 3.05) is 19.8 Å². The van der Waals surface area contributed by atoms with Gasteiger partial charge in [0.25, 0.3) is 20.2 Å². The Hall–Kier alpha value is -2.63. The molecular formula is C25H27FO7S2. The maximum atomic E-state index is 15.8. The van der Waals surface area contributed by atoms with E-state index in [0.29, 0.717) is 0 Å². The predicted octanol–water partition coefficient (Wildman–Crippen LogP) is 4.34. The lowest BCUT2D eigenvalue weighted by Crippen LogP contribution is -2.41. The van der Waals surface area contributed by atoms with Crippen molar-refractivity contribution < 1.29 is 34.3 Å². The van der Waals surface area contributed by atoms with Gasteiger partial charge >= 0.3 is 0 Å². The Morgan fingerprint density at radius 2 is 1.09 bits per heavy atom. The van der Waals surface area contributed by atoms with Crippen LogP contribution in [0.3, 0.4) is 0 Å². The lowest BCUT2D eigenvalue weighted by atomic mass is 10.1. The molecule has 0 aromatic heterocycles. The van der Waals surface area contributed by atoms with Crippen LogP contribution < -0.4 is 0 Å². The summed E-state index contributed by atoms with van der Waals surface area (Å²) in [6.45, 7) is 0.957. The minimum Gasteiger partial charge on any atom is -0.373 e. The third-order valence-corrected chi connectivity index (χ3v) is 7.59. The summed E-state index contributed by atoms with van der Waals surface area (Å²) in [4.78, 5) is -0.298. The number of ether oxygens (including phenoxy) is 1. The molecule has 3 aromatic carbocycles. The van der Waals surface area contributed by atoms with Gasteiger partial charge in [0.05, 0.1) is 23.0 Å². The molecule has 0 amide bonds. The predicted molar refractivity (Wildman–Crippen MR) is 129 cm³/mol. The average molecular weight is 523 g/mol. The first-order valence-corrected chi connectivity index (χ1v) is 13.5. The molecule has 0 spiro atoms. The fourth-order valence-corrected chi connectivity index (χ4v) is 4.91. The highest BCUT2D eigenvalue weighted by molar-refractivity contribution is 7.87. The van der Waals surface area contributed by atoms with Gasteiger partial charge in [-0.3, -0.25) is 8.37 Å². The van der Waals surface area contributed by atoms with Gasteiger partial charge in [-0.2, -0.15) is 16.8 Å². The molecule has 35 heavy (non-hydrogen) atoms. The summed E-state index contributed by atoms with van der Waals surface area (Å²) in [6, 6.07) is 20.6. The third-order valence-electron chi connectivity index (χ3n) is 5.04. The molecule has 0 saturated carbocycles. The van der Waals surface area contributed by atoms with E-state index in [1.165, 1.54) is 24.3 Å². The normalized spacial score (nSPS) is 12.5. The second-order valence-corrected chi connectivity index (χ2v) is 11.4. The second-order valence-electron chi connectivity index (χ2n) is 8.19. The monoisotopic (exact) mass is 522 g/mol. The number of hydrogen-bond acceptors (Lipinski definition) is 7. The van der Waals surface area contributed by atoms with Crippen LogP contribution in [-0.4, -0.2) is 42.3 Å². The van der Waals surface area contributed by atoms with E-state index in [2.05, 4.69) is 0 Å². The SMILES string of the molecule is Cc1ccc(S(=O)(=O)OCC(F)(COCc2ccccc2)COS(=O)(=O)c2ccc(C)cc2)cc1. The molecule has 0 N–H and O–H groups in total. The van der Waals surface area contributed by atoms with Gasteiger partial charge in [0, 0.05) is 0 Å². The van der Waals surface area contributed by atoms with Gasteiger partial charge in [-0.05, 0) is 43.7 Å². The number of halogens is 1. The van der Waals surface area contributed by atoms with Gasteiger partial charge < -0.3 is 4.74 Å². The molecule has 0 bridgehead atoms. The molecule has 7 nitrogen and oxygen atoms in total. The zero-order chi connectivity index (χ0) is 25.5. The Balaban J connectivity index is 1.73. The molecule has 188 valence electrons. The van der Waals surface area contributed by atoms with E-state index in [1.807, 2.05) is 6.07 Å². The van der Waals surface area contributed by atoms with Gasteiger partial charge in [0.2, 0.25) is 0 Å². The number of benzene rings is 3. The summed E-state index contributed by atoms with van der Waals surface area (Å²) < 4.78 is 81.4. The Kier molecular flexibility index (Phi) is 8.79. The molecule has 0 aliphatic rings. The van der Waals surface area contributed by atoms with Crippen LogP contribution in [0.4, 0.5) is 4.39 Å². The number of alkyl halides is 1. The molecule has 10 heteroatoms. The van der Waals surface area contributed by atoms with Crippen molar-refractivity contribution in [2.24, 2.45) is 0 Å². The second kappa shape index (κ2) is 11.4. The van der Waals surface area contributed by atoms with Crippen molar-refractivity contribution in [3.05, 3.63) is 95.6 Å². The Morgan fingerprint density at radius 3 is 1.51 bits per heavy atom. The number of rotatable bonds is 12. The molecular weight excluding hydrogens is 495 g/mol. The van der Waals surface area contributed by atoms with Crippen LogP contribution in [0, 0.1) is 13.8 Å². The Bertz CT molecular complexity index is 1230. The zero-order valence-electron chi connectivity index (χ0n) is 19.4. The standard InChI is InChI=1S/C25H27FO7S2/c1-20-8-12-23(13-9-20)34(27,28)32-18-25(26,17-31-16-22-6-4-3-5-7-22)19-33-35(29,30)24-14-10-21(2)11-15-24/h3-15H,16-19H2,1-2H3. The fraction of sp³-hybridized carbons (Fsp3) is 0.280. The topological polar surface area (TPSA) is 96.0 Å². The largest absolute Gasteiger partial charge is 0.373 e. The summed E-state index contributed by atoms with van der Waals surface area (Å²) in [5.41, 5.74) is -0.138. The molecule has 0 aliphatic carbocycles. The van der Waals surface area contributed by atoms with Crippen molar-refractivity contribution in [2.45, 2.75) is 35.9 Å². The van der Waals surface area contributed by atoms with Gasteiger partial charge in [-0.15, -0.1) is 0 Å². The first-order chi connectivity index (χ1) is 16.5. The minimum atomic E-state index is -4.30. The number of aryl methyl sites for hydroxylation is 2. The van der Waals surface area contributed by atoms with Crippen molar-refractivity contribution in [1.82, 2.24) is 0 Å². The minimum absolute atomic E-state index is 0.0297. The summed E-state index contributed by atoms with van der Waals surface area (Å²) in [7, 11) is -8.60. The van der Waals surface area contributed by atoms with E-state index in [-0.39, 0.29) is 16.4 Å². The molecule has 0 heterocycles. The molecule has 0 fully saturated rings. The summed E-state index contributed by atoms with van der Waals surface area (Å²) in [6.07, 6.45) is 0. The Labute approximate surface area is 205 Å². The van der Waals surface area contributed by atoms with Crippen molar-refractivity contribution >= 4 is 20.2 Å². The van der Waals surface area contributed by atoms with Crippen LogP contribution in [0.1, 0.15) is 16.7 Å². The van der Waals surface area contributed by atoms with E-state index in [9.17, 15) is 16.8 Å². The van der Waals surface area contributed by atoms with Crippen LogP contribution in [0.2, 0.25) is 0 Å². The lowest BCUT2D eigenvalue weighted by molar-refractivity contribution is -0.0418. The van der Waals surface area contributed by atoms with Gasteiger partial charge in [-0.1, -0.05) is 65.7 Å². The van der Waals surface area contributed by atoms with Gasteiger partial charge in [0.15, 0.2) is 5.67 Å². The van der Waals surface area contributed by atoms with Crippen LogP contribution in [0.15, 0.2) is 88.7 Å². The van der Waals surface area contributed by atoms with E-state index < -0.39 is 45.7 Å². The molecule has 0 unspecified atom stereocenters. The average Bonchev–Trinajstić information content (AvgIpc) is 2.83. The molecule has 3 aromatic rings. The quantitative estimate of drug-likeness (QED) is 0.327. The molecule has 0 aliphatic heterocycles. The summed E-state index contributed by atoms with van der Waals surface area (Å²) >= 11 is 0. The van der Waals surface area contributed by atoms with Gasteiger partial charge in [0.1, 0.15) is 13.2 Å². The first-order valence-electron chi connectivity index (χ1n) is 10.7. The van der Waals surface area contributed by atoms with Crippen LogP contribution in [0.5, 0.6) is 0 Å². The van der Waals surface area contributed by atoms with Crippen molar-refractivity contribution in [1.29, 1.82) is 0 Å². The van der Waals surface area contributed by atoms with Crippen molar-refractivity contribution in [3.8, 4) is 0 Å². The smallest absolute Gasteiger partial charge is 0.297 e. The zero-order valence-corrected chi connectivity index (χ0v) is 21.0. The van der Waals surface area contributed by atoms with Crippen molar-refractivity contribution in [3.63, 3.8) is 0 Å². The Morgan fingerprint density at radius 1 is 0.657 bits per heavy atom. The summed E-state index contributed by atoms with van der Waals surface area (Å²) in [5.74, 6) is 0. The maximum Gasteiger partial charge on any atom is 0.297 e.